The molecule has 0 spiro atoms. The van der Waals surface area contributed by atoms with Gasteiger partial charge in [0.1, 0.15) is 0 Å². The Morgan fingerprint density at radius 2 is 2.30 bits per heavy atom. The molecule has 1 unspecified atom stereocenters. The van der Waals surface area contributed by atoms with Crippen LogP contribution in [0.3, 0.4) is 0 Å². The number of nitrogen functional groups attached to an aromatic ring is 1. The smallest absolute Gasteiger partial charge is 0.255 e. The Bertz CT molecular complexity index is 489. The molecule has 20 heavy (non-hydrogen) atoms. The predicted octanol–water partition coefficient (Wildman–Crippen LogP) is 1.30. The summed E-state index contributed by atoms with van der Waals surface area (Å²) in [6, 6.07) is 5.67. The van der Waals surface area contributed by atoms with Gasteiger partial charge in [0.15, 0.2) is 0 Å². The van der Waals surface area contributed by atoms with Crippen LogP contribution >= 0.6 is 0 Å². The molecule has 0 aliphatic carbocycles. The quantitative estimate of drug-likeness (QED) is 0.643. The van der Waals surface area contributed by atoms with Crippen LogP contribution in [0.4, 0.5) is 5.69 Å². The maximum Gasteiger partial charge on any atom is 0.255 e. The SMILES string of the molecule is Cc1ccc(NN)c(C(=O)N(C)CC2CCN(C)C2)c1. The number of hydrogen-bond acceptors (Lipinski definition) is 4. The highest BCUT2D eigenvalue weighted by Gasteiger charge is 2.24. The lowest BCUT2D eigenvalue weighted by Gasteiger charge is -2.22. The van der Waals surface area contributed by atoms with Crippen LogP contribution in [0, 0.1) is 12.8 Å². The van der Waals surface area contributed by atoms with Gasteiger partial charge in [-0.15, -0.1) is 0 Å². The molecule has 1 heterocycles. The van der Waals surface area contributed by atoms with Crippen LogP contribution < -0.4 is 11.3 Å². The number of nitrogens with zero attached hydrogens (tertiary/aromatic N) is 2. The Morgan fingerprint density at radius 1 is 1.55 bits per heavy atom. The average Bonchev–Trinajstić information content (AvgIpc) is 2.83. The van der Waals surface area contributed by atoms with Crippen molar-refractivity contribution < 1.29 is 4.79 Å². The summed E-state index contributed by atoms with van der Waals surface area (Å²) in [6.07, 6.45) is 1.16. The average molecular weight is 276 g/mol. The lowest BCUT2D eigenvalue weighted by molar-refractivity contribution is 0.0775. The number of amides is 1. The second-order valence-corrected chi connectivity index (χ2v) is 5.80. The van der Waals surface area contributed by atoms with E-state index in [-0.39, 0.29) is 5.91 Å². The first-order valence-electron chi connectivity index (χ1n) is 7.02. The molecular weight excluding hydrogens is 252 g/mol. The van der Waals surface area contributed by atoms with Crippen LogP contribution in [0.25, 0.3) is 0 Å². The zero-order valence-corrected chi connectivity index (χ0v) is 12.5. The topological polar surface area (TPSA) is 61.6 Å². The zero-order chi connectivity index (χ0) is 14.7. The van der Waals surface area contributed by atoms with Gasteiger partial charge in [-0.3, -0.25) is 10.6 Å². The van der Waals surface area contributed by atoms with Crippen molar-refractivity contribution in [3.8, 4) is 0 Å². The maximum absolute atomic E-state index is 12.6. The van der Waals surface area contributed by atoms with Crippen molar-refractivity contribution >= 4 is 11.6 Å². The lowest BCUT2D eigenvalue weighted by atomic mass is 10.1. The number of aryl methyl sites for hydroxylation is 1. The number of nitrogens with two attached hydrogens (primary N) is 1. The number of likely N-dealkylation sites (tertiary alicyclic amines) is 1. The Morgan fingerprint density at radius 3 is 2.90 bits per heavy atom. The second-order valence-electron chi connectivity index (χ2n) is 5.80. The van der Waals surface area contributed by atoms with E-state index in [2.05, 4.69) is 17.4 Å². The number of carbonyl (C=O) groups excluding carboxylic acids is 1. The largest absolute Gasteiger partial charge is 0.341 e. The van der Waals surface area contributed by atoms with Crippen molar-refractivity contribution in [1.82, 2.24) is 9.80 Å². The molecule has 1 aliphatic heterocycles. The molecule has 0 saturated carbocycles. The third-order valence-corrected chi connectivity index (χ3v) is 3.93. The molecule has 1 saturated heterocycles. The summed E-state index contributed by atoms with van der Waals surface area (Å²) in [5.74, 6) is 6.08. The summed E-state index contributed by atoms with van der Waals surface area (Å²) in [6.45, 7) is 4.95. The first kappa shape index (κ1) is 14.8. The summed E-state index contributed by atoms with van der Waals surface area (Å²) in [7, 11) is 3.99. The third-order valence-electron chi connectivity index (χ3n) is 3.93. The fourth-order valence-electron chi connectivity index (χ4n) is 2.81. The molecule has 1 aromatic rings. The van der Waals surface area contributed by atoms with E-state index in [9.17, 15) is 4.79 Å². The second kappa shape index (κ2) is 6.24. The molecule has 1 aliphatic rings. The van der Waals surface area contributed by atoms with Gasteiger partial charge in [-0.2, -0.15) is 0 Å². The number of anilines is 1. The molecule has 1 fully saturated rings. The van der Waals surface area contributed by atoms with Crippen LogP contribution in [0.15, 0.2) is 18.2 Å². The number of hydrazine groups is 1. The first-order chi connectivity index (χ1) is 9.51. The van der Waals surface area contributed by atoms with Crippen molar-refractivity contribution in [2.75, 3.05) is 39.2 Å². The van der Waals surface area contributed by atoms with E-state index in [0.717, 1.165) is 31.6 Å². The molecule has 5 nitrogen and oxygen atoms in total. The standard InChI is InChI=1S/C15H24N4O/c1-11-4-5-14(17-16)13(8-11)15(20)19(3)10-12-6-7-18(2)9-12/h4-5,8,12,17H,6-7,9-10,16H2,1-3H3. The molecule has 2 rings (SSSR count). The number of nitrogens with one attached hydrogen (secondary N) is 1. The fourth-order valence-corrected chi connectivity index (χ4v) is 2.81. The van der Waals surface area contributed by atoms with Crippen LogP contribution in [0.1, 0.15) is 22.3 Å². The molecular formula is C15H24N4O. The number of rotatable bonds is 4. The van der Waals surface area contributed by atoms with E-state index in [1.54, 1.807) is 4.90 Å². The summed E-state index contributed by atoms with van der Waals surface area (Å²) >= 11 is 0. The van der Waals surface area contributed by atoms with Gasteiger partial charge in [0, 0.05) is 20.1 Å². The number of carbonyl (C=O) groups is 1. The highest BCUT2D eigenvalue weighted by atomic mass is 16.2. The Hall–Kier alpha value is -1.59. The van der Waals surface area contributed by atoms with Crippen molar-refractivity contribution in [1.29, 1.82) is 0 Å². The Labute approximate surface area is 120 Å². The van der Waals surface area contributed by atoms with E-state index in [1.165, 1.54) is 0 Å². The minimum atomic E-state index is 0.0243. The van der Waals surface area contributed by atoms with Crippen molar-refractivity contribution in [3.05, 3.63) is 29.3 Å². The van der Waals surface area contributed by atoms with E-state index < -0.39 is 0 Å². The Balaban J connectivity index is 2.08. The van der Waals surface area contributed by atoms with Gasteiger partial charge in [0.25, 0.3) is 5.91 Å². The molecule has 0 bridgehead atoms. The zero-order valence-electron chi connectivity index (χ0n) is 12.5. The minimum Gasteiger partial charge on any atom is -0.341 e. The lowest BCUT2D eigenvalue weighted by Crippen LogP contribution is -2.33. The van der Waals surface area contributed by atoms with Crippen molar-refractivity contribution in [2.45, 2.75) is 13.3 Å². The van der Waals surface area contributed by atoms with Crippen LogP contribution in [0.5, 0.6) is 0 Å². The van der Waals surface area contributed by atoms with Gasteiger partial charge in [0.2, 0.25) is 0 Å². The van der Waals surface area contributed by atoms with Gasteiger partial charge in [-0.05, 0) is 45.0 Å². The highest BCUT2D eigenvalue weighted by Crippen LogP contribution is 2.20. The predicted molar refractivity (Wildman–Crippen MR) is 81.6 cm³/mol. The van der Waals surface area contributed by atoms with Crippen LogP contribution in [0.2, 0.25) is 0 Å². The van der Waals surface area contributed by atoms with Gasteiger partial charge >= 0.3 is 0 Å². The van der Waals surface area contributed by atoms with E-state index in [1.807, 2.05) is 32.2 Å². The normalized spacial score (nSPS) is 19.1. The molecule has 1 aromatic carbocycles. The van der Waals surface area contributed by atoms with Gasteiger partial charge < -0.3 is 15.2 Å². The summed E-state index contributed by atoms with van der Waals surface area (Å²) in [4.78, 5) is 16.7. The molecule has 0 aromatic heterocycles. The summed E-state index contributed by atoms with van der Waals surface area (Å²) < 4.78 is 0. The number of benzene rings is 1. The molecule has 5 heteroatoms. The molecule has 3 N–H and O–H groups in total. The number of hydrogen-bond donors (Lipinski definition) is 2. The molecule has 110 valence electrons. The fraction of sp³-hybridized carbons (Fsp3) is 0.533. The van der Waals surface area contributed by atoms with Crippen LogP contribution in [-0.2, 0) is 0 Å². The minimum absolute atomic E-state index is 0.0243. The first-order valence-corrected chi connectivity index (χ1v) is 7.02. The van der Waals surface area contributed by atoms with Crippen molar-refractivity contribution in [3.63, 3.8) is 0 Å². The molecule has 0 radical (unpaired) electrons. The third kappa shape index (κ3) is 3.29. The summed E-state index contributed by atoms with van der Waals surface area (Å²) in [5, 5.41) is 0. The van der Waals surface area contributed by atoms with E-state index >= 15 is 0 Å². The summed E-state index contributed by atoms with van der Waals surface area (Å²) in [5.41, 5.74) is 4.98. The molecule has 1 atom stereocenters. The van der Waals surface area contributed by atoms with Gasteiger partial charge in [0.05, 0.1) is 11.3 Å². The monoisotopic (exact) mass is 276 g/mol. The molecule has 1 amide bonds. The maximum atomic E-state index is 12.6. The van der Waals surface area contributed by atoms with Crippen LogP contribution in [-0.4, -0.2) is 49.4 Å². The van der Waals surface area contributed by atoms with Gasteiger partial charge in [-0.1, -0.05) is 11.6 Å². The van der Waals surface area contributed by atoms with E-state index in [4.69, 9.17) is 5.84 Å². The highest BCUT2D eigenvalue weighted by molar-refractivity contribution is 5.99. The van der Waals surface area contributed by atoms with Gasteiger partial charge in [-0.25, -0.2) is 0 Å². The van der Waals surface area contributed by atoms with E-state index in [0.29, 0.717) is 17.2 Å². The Kier molecular flexibility index (Phi) is 4.62. The van der Waals surface area contributed by atoms with Crippen molar-refractivity contribution in [2.24, 2.45) is 11.8 Å².